The van der Waals surface area contributed by atoms with Crippen molar-refractivity contribution in [2.45, 2.75) is 26.1 Å². The minimum Gasteiger partial charge on any atom is -0.481 e. The Labute approximate surface area is 67.4 Å². The number of hydrogen-bond donors (Lipinski definition) is 2. The molecule has 0 heterocycles. The van der Waals surface area contributed by atoms with Gasteiger partial charge in [0, 0.05) is 0 Å². The molecular formula is C6H10F3NO2. The van der Waals surface area contributed by atoms with Crippen LogP contribution in [-0.2, 0) is 4.79 Å². The Morgan fingerprint density at radius 3 is 1.83 bits per heavy atom. The van der Waals surface area contributed by atoms with Gasteiger partial charge in [0.05, 0.1) is 5.41 Å². The molecule has 0 bridgehead atoms. The summed E-state index contributed by atoms with van der Waals surface area (Å²) in [6, 6.07) is -2.34. The first-order chi connectivity index (χ1) is 5.10. The maximum atomic E-state index is 11.9. The number of halogens is 3. The van der Waals surface area contributed by atoms with Crippen molar-refractivity contribution >= 4 is 5.97 Å². The van der Waals surface area contributed by atoms with Gasteiger partial charge in [-0.05, 0) is 13.8 Å². The molecule has 0 saturated carbocycles. The molecule has 0 aromatic rings. The Balaban J connectivity index is 4.69. The Morgan fingerprint density at radius 2 is 1.75 bits per heavy atom. The zero-order chi connectivity index (χ0) is 10.2. The van der Waals surface area contributed by atoms with Crippen LogP contribution in [0, 0.1) is 5.41 Å². The lowest BCUT2D eigenvalue weighted by molar-refractivity contribution is -0.184. The van der Waals surface area contributed by atoms with Crippen molar-refractivity contribution in [2.24, 2.45) is 11.1 Å². The van der Waals surface area contributed by atoms with Gasteiger partial charge in [-0.2, -0.15) is 13.2 Å². The lowest BCUT2D eigenvalue weighted by Crippen LogP contribution is -2.52. The van der Waals surface area contributed by atoms with Crippen molar-refractivity contribution < 1.29 is 23.1 Å². The van der Waals surface area contributed by atoms with Crippen molar-refractivity contribution in [3.05, 3.63) is 0 Å². The fourth-order valence-electron chi connectivity index (χ4n) is 0.542. The van der Waals surface area contributed by atoms with Crippen molar-refractivity contribution in [1.29, 1.82) is 0 Å². The van der Waals surface area contributed by atoms with Crippen LogP contribution in [0.3, 0.4) is 0 Å². The van der Waals surface area contributed by atoms with E-state index < -0.39 is 23.6 Å². The maximum absolute atomic E-state index is 11.9. The van der Waals surface area contributed by atoms with Crippen molar-refractivity contribution in [1.82, 2.24) is 0 Å². The predicted molar refractivity (Wildman–Crippen MR) is 35.4 cm³/mol. The highest BCUT2D eigenvalue weighted by atomic mass is 19.4. The monoisotopic (exact) mass is 185 g/mol. The number of carboxylic acids is 1. The molecule has 0 aliphatic heterocycles. The van der Waals surface area contributed by atoms with E-state index in [9.17, 15) is 18.0 Å². The van der Waals surface area contributed by atoms with Crippen LogP contribution >= 0.6 is 0 Å². The average Bonchev–Trinajstić information content (AvgIpc) is 1.83. The zero-order valence-electron chi connectivity index (χ0n) is 6.64. The van der Waals surface area contributed by atoms with Crippen molar-refractivity contribution in [2.75, 3.05) is 0 Å². The lowest BCUT2D eigenvalue weighted by atomic mass is 9.85. The highest BCUT2D eigenvalue weighted by molar-refractivity contribution is 5.74. The number of rotatable bonds is 2. The van der Waals surface area contributed by atoms with Crippen LogP contribution in [0.1, 0.15) is 13.8 Å². The minimum absolute atomic E-state index is 0.938. The molecule has 0 radical (unpaired) electrons. The summed E-state index contributed by atoms with van der Waals surface area (Å²) in [5.74, 6) is -1.56. The molecule has 3 N–H and O–H groups in total. The van der Waals surface area contributed by atoms with E-state index in [0.29, 0.717) is 0 Å². The number of hydrogen-bond acceptors (Lipinski definition) is 2. The second kappa shape index (κ2) is 2.93. The first-order valence-electron chi connectivity index (χ1n) is 3.16. The zero-order valence-corrected chi connectivity index (χ0v) is 6.64. The Morgan fingerprint density at radius 1 is 1.42 bits per heavy atom. The standard InChI is InChI=1S/C6H10F3NO2/c1-5(2,4(11)12)3(10)6(7,8)9/h3H,10H2,1-2H3,(H,11,12). The molecule has 1 atom stereocenters. The van der Waals surface area contributed by atoms with Gasteiger partial charge in [-0.15, -0.1) is 0 Å². The van der Waals surface area contributed by atoms with Crippen LogP contribution < -0.4 is 5.73 Å². The van der Waals surface area contributed by atoms with Crippen molar-refractivity contribution in [3.8, 4) is 0 Å². The predicted octanol–water partition coefficient (Wildman–Crippen LogP) is 0.987. The topological polar surface area (TPSA) is 63.3 Å². The van der Waals surface area contributed by atoms with Crippen LogP contribution in [0.5, 0.6) is 0 Å². The second-order valence-electron chi connectivity index (χ2n) is 3.05. The summed E-state index contributed by atoms with van der Waals surface area (Å²) < 4.78 is 35.8. The minimum atomic E-state index is -4.68. The van der Waals surface area contributed by atoms with E-state index in [-0.39, 0.29) is 0 Å². The molecule has 6 heteroatoms. The molecule has 1 unspecified atom stereocenters. The Bertz CT molecular complexity index is 188. The van der Waals surface area contributed by atoms with Crippen LogP contribution in [0.15, 0.2) is 0 Å². The summed E-state index contributed by atoms with van der Waals surface area (Å²) in [5.41, 5.74) is 2.74. The smallest absolute Gasteiger partial charge is 0.404 e. The number of carboxylic acid groups (broad SMARTS) is 1. The molecule has 0 saturated heterocycles. The lowest BCUT2D eigenvalue weighted by Gasteiger charge is -2.28. The van der Waals surface area contributed by atoms with Gasteiger partial charge < -0.3 is 10.8 Å². The van der Waals surface area contributed by atoms with Gasteiger partial charge in [0.15, 0.2) is 0 Å². The normalized spacial score (nSPS) is 15.8. The molecule has 0 aromatic heterocycles. The van der Waals surface area contributed by atoms with Crippen molar-refractivity contribution in [3.63, 3.8) is 0 Å². The van der Waals surface area contributed by atoms with Gasteiger partial charge in [-0.25, -0.2) is 0 Å². The maximum Gasteiger partial charge on any atom is 0.404 e. The molecule has 12 heavy (non-hydrogen) atoms. The fourth-order valence-corrected chi connectivity index (χ4v) is 0.542. The molecule has 0 spiro atoms. The van der Waals surface area contributed by atoms with Crippen LogP contribution in [0.25, 0.3) is 0 Å². The number of aliphatic carboxylic acids is 1. The van der Waals surface area contributed by atoms with E-state index in [0.717, 1.165) is 13.8 Å². The number of nitrogens with two attached hydrogens (primary N) is 1. The van der Waals surface area contributed by atoms with Gasteiger partial charge in [0.25, 0.3) is 0 Å². The molecule has 0 aliphatic rings. The first-order valence-corrected chi connectivity index (χ1v) is 3.16. The van der Waals surface area contributed by atoms with E-state index in [1.165, 1.54) is 0 Å². The summed E-state index contributed by atoms with van der Waals surface area (Å²) in [7, 11) is 0. The summed E-state index contributed by atoms with van der Waals surface area (Å²) >= 11 is 0. The third-order valence-corrected chi connectivity index (χ3v) is 1.68. The number of carbonyl (C=O) groups is 1. The summed E-state index contributed by atoms with van der Waals surface area (Å²) in [4.78, 5) is 10.3. The highest BCUT2D eigenvalue weighted by Gasteiger charge is 2.50. The summed E-state index contributed by atoms with van der Waals surface area (Å²) in [6.07, 6.45) is -4.68. The third-order valence-electron chi connectivity index (χ3n) is 1.68. The molecule has 0 aliphatic carbocycles. The first kappa shape index (κ1) is 11.2. The van der Waals surface area contributed by atoms with Crippen LogP contribution in [0.4, 0.5) is 13.2 Å². The Kier molecular flexibility index (Phi) is 2.74. The molecule has 3 nitrogen and oxygen atoms in total. The Hall–Kier alpha value is -0.780. The molecule has 0 aromatic carbocycles. The molecular weight excluding hydrogens is 175 g/mol. The van der Waals surface area contributed by atoms with Gasteiger partial charge in [0.1, 0.15) is 6.04 Å². The summed E-state index contributed by atoms with van der Waals surface area (Å²) in [6.45, 7) is 1.88. The SMILES string of the molecule is CC(C)(C(=O)O)C(N)C(F)(F)F. The molecule has 0 rings (SSSR count). The quantitative estimate of drug-likeness (QED) is 0.674. The number of alkyl halides is 3. The van der Waals surface area contributed by atoms with Gasteiger partial charge in [-0.1, -0.05) is 0 Å². The molecule has 72 valence electrons. The molecule has 0 fully saturated rings. The van der Waals surface area contributed by atoms with E-state index >= 15 is 0 Å². The van der Waals surface area contributed by atoms with Gasteiger partial charge in [0.2, 0.25) is 0 Å². The van der Waals surface area contributed by atoms with E-state index in [1.54, 1.807) is 0 Å². The molecule has 0 amide bonds. The fraction of sp³-hybridized carbons (Fsp3) is 0.833. The van der Waals surface area contributed by atoms with Gasteiger partial charge >= 0.3 is 12.1 Å². The summed E-state index contributed by atoms with van der Waals surface area (Å²) in [5, 5.41) is 8.40. The van der Waals surface area contributed by atoms with E-state index in [1.807, 2.05) is 0 Å². The second-order valence-corrected chi connectivity index (χ2v) is 3.05. The van der Waals surface area contributed by atoms with E-state index in [2.05, 4.69) is 0 Å². The van der Waals surface area contributed by atoms with Crippen LogP contribution in [0.2, 0.25) is 0 Å². The van der Waals surface area contributed by atoms with Gasteiger partial charge in [-0.3, -0.25) is 4.79 Å². The third kappa shape index (κ3) is 2.10. The average molecular weight is 185 g/mol. The van der Waals surface area contributed by atoms with E-state index in [4.69, 9.17) is 10.8 Å². The highest BCUT2D eigenvalue weighted by Crippen LogP contribution is 2.31. The largest absolute Gasteiger partial charge is 0.481 e. The van der Waals surface area contributed by atoms with Crippen LogP contribution in [-0.4, -0.2) is 23.3 Å².